The molecule has 3 atom stereocenters. The van der Waals surface area contributed by atoms with Gasteiger partial charge in [-0.05, 0) is 18.9 Å². The Morgan fingerprint density at radius 2 is 2.16 bits per heavy atom. The molecule has 0 radical (unpaired) electrons. The number of aliphatic carboxylic acids is 1. The van der Waals surface area contributed by atoms with Crippen molar-refractivity contribution < 1.29 is 19.5 Å². The smallest absolute Gasteiger partial charge is 0.305 e. The number of amides is 2. The van der Waals surface area contributed by atoms with Crippen molar-refractivity contribution in [3.63, 3.8) is 0 Å². The molecule has 0 aromatic carbocycles. The Labute approximate surface area is 111 Å². The summed E-state index contributed by atoms with van der Waals surface area (Å²) in [7, 11) is 0. The van der Waals surface area contributed by atoms with Crippen LogP contribution in [0.1, 0.15) is 19.8 Å². The van der Waals surface area contributed by atoms with E-state index in [1.54, 1.807) is 0 Å². The lowest BCUT2D eigenvalue weighted by Crippen LogP contribution is -2.61. The molecule has 0 spiro atoms. The summed E-state index contributed by atoms with van der Waals surface area (Å²) in [5.41, 5.74) is 0. The molecule has 2 aliphatic heterocycles. The van der Waals surface area contributed by atoms with Crippen molar-refractivity contribution in [1.29, 1.82) is 0 Å². The number of nitrogens with zero attached hydrogens (tertiary/aromatic N) is 1. The summed E-state index contributed by atoms with van der Waals surface area (Å²) in [6.45, 7) is 3.51. The van der Waals surface area contributed by atoms with E-state index in [-0.39, 0.29) is 30.2 Å². The van der Waals surface area contributed by atoms with Crippen LogP contribution in [0.5, 0.6) is 0 Å². The zero-order chi connectivity index (χ0) is 14.0. The average molecular weight is 269 g/mol. The fourth-order valence-electron chi connectivity index (χ4n) is 2.69. The first-order valence-electron chi connectivity index (χ1n) is 6.54. The number of piperazine rings is 1. The van der Waals surface area contributed by atoms with Crippen molar-refractivity contribution in [2.75, 3.05) is 19.6 Å². The van der Waals surface area contributed by atoms with Gasteiger partial charge < -0.3 is 20.6 Å². The van der Waals surface area contributed by atoms with Crippen LogP contribution < -0.4 is 10.6 Å². The normalized spacial score (nSPS) is 31.1. The highest BCUT2D eigenvalue weighted by Gasteiger charge is 2.40. The molecule has 2 amide bonds. The third-order valence-corrected chi connectivity index (χ3v) is 3.78. The molecule has 3 unspecified atom stereocenters. The van der Waals surface area contributed by atoms with Crippen molar-refractivity contribution in [1.82, 2.24) is 15.5 Å². The largest absolute Gasteiger partial charge is 0.481 e. The summed E-state index contributed by atoms with van der Waals surface area (Å²) < 4.78 is 0. The monoisotopic (exact) mass is 269 g/mol. The van der Waals surface area contributed by atoms with Gasteiger partial charge in [0.25, 0.3) is 0 Å². The molecule has 106 valence electrons. The fourth-order valence-corrected chi connectivity index (χ4v) is 2.69. The summed E-state index contributed by atoms with van der Waals surface area (Å²) in [6.07, 6.45) is 0.568. The third kappa shape index (κ3) is 2.86. The number of carbonyl (C=O) groups excluding carboxylic acids is 2. The quantitative estimate of drug-likeness (QED) is 0.597. The Balaban J connectivity index is 2.12. The number of hydrogen-bond donors (Lipinski definition) is 3. The molecule has 19 heavy (non-hydrogen) atoms. The Bertz CT molecular complexity index is 398. The number of rotatable bonds is 3. The summed E-state index contributed by atoms with van der Waals surface area (Å²) in [6, 6.07) is -1.20. The van der Waals surface area contributed by atoms with Crippen molar-refractivity contribution in [3.8, 4) is 0 Å². The van der Waals surface area contributed by atoms with Gasteiger partial charge in [0.2, 0.25) is 11.8 Å². The van der Waals surface area contributed by atoms with Crippen molar-refractivity contribution in [2.24, 2.45) is 5.92 Å². The molecule has 0 bridgehead atoms. The summed E-state index contributed by atoms with van der Waals surface area (Å²) in [5, 5.41) is 14.6. The first-order valence-corrected chi connectivity index (χ1v) is 6.54. The molecule has 2 fully saturated rings. The summed E-state index contributed by atoms with van der Waals surface area (Å²) in [5.74, 6) is -1.41. The molecule has 2 saturated heterocycles. The maximum absolute atomic E-state index is 12.4. The maximum Gasteiger partial charge on any atom is 0.305 e. The predicted molar refractivity (Wildman–Crippen MR) is 66.3 cm³/mol. The average Bonchev–Trinajstić information content (AvgIpc) is 2.77. The first-order chi connectivity index (χ1) is 9.00. The van der Waals surface area contributed by atoms with Crippen LogP contribution in [0.3, 0.4) is 0 Å². The van der Waals surface area contributed by atoms with Gasteiger partial charge in [-0.15, -0.1) is 0 Å². The van der Waals surface area contributed by atoms with Gasteiger partial charge in [-0.25, -0.2) is 0 Å². The maximum atomic E-state index is 12.4. The van der Waals surface area contributed by atoms with E-state index in [2.05, 4.69) is 10.6 Å². The predicted octanol–water partition coefficient (Wildman–Crippen LogP) is -1.21. The van der Waals surface area contributed by atoms with Crippen LogP contribution >= 0.6 is 0 Å². The minimum atomic E-state index is -1.08. The lowest BCUT2D eigenvalue weighted by Gasteiger charge is -2.36. The van der Waals surface area contributed by atoms with Gasteiger partial charge in [0.05, 0.1) is 12.5 Å². The van der Waals surface area contributed by atoms with Gasteiger partial charge in [-0.2, -0.15) is 0 Å². The Morgan fingerprint density at radius 1 is 1.42 bits per heavy atom. The van der Waals surface area contributed by atoms with E-state index in [0.717, 1.165) is 13.0 Å². The van der Waals surface area contributed by atoms with Crippen molar-refractivity contribution in [3.05, 3.63) is 0 Å². The van der Waals surface area contributed by atoms with E-state index in [9.17, 15) is 14.4 Å². The molecular formula is C12H19N3O4. The Morgan fingerprint density at radius 3 is 2.74 bits per heavy atom. The highest BCUT2D eigenvalue weighted by atomic mass is 16.4. The van der Waals surface area contributed by atoms with Crippen LogP contribution in [0, 0.1) is 5.92 Å². The van der Waals surface area contributed by atoms with Crippen LogP contribution in [-0.4, -0.2) is 59.5 Å². The number of carboxylic acid groups (broad SMARTS) is 1. The standard InChI is InChI=1S/C12H19N3O4/c1-7-2-3-13-10(7)12(19)15-5-4-14-11(18)8(15)6-9(16)17/h7-8,10,13H,2-6H2,1H3,(H,14,18)(H,16,17). The SMILES string of the molecule is CC1CCNC1C(=O)N1CCNC(=O)C1CC(=O)O. The van der Waals surface area contributed by atoms with Gasteiger partial charge in [-0.1, -0.05) is 6.92 Å². The molecule has 0 saturated carbocycles. The molecule has 2 rings (SSSR count). The molecule has 0 aromatic rings. The minimum absolute atomic E-state index is 0.161. The lowest BCUT2D eigenvalue weighted by atomic mass is 10.00. The minimum Gasteiger partial charge on any atom is -0.481 e. The van der Waals surface area contributed by atoms with Crippen LogP contribution in [0.15, 0.2) is 0 Å². The van der Waals surface area contributed by atoms with E-state index >= 15 is 0 Å². The van der Waals surface area contributed by atoms with Crippen molar-refractivity contribution in [2.45, 2.75) is 31.8 Å². The first kappa shape index (κ1) is 13.8. The number of carboxylic acids is 1. The van der Waals surface area contributed by atoms with Gasteiger partial charge in [0.1, 0.15) is 6.04 Å². The number of nitrogens with one attached hydrogen (secondary N) is 2. The number of hydrogen-bond acceptors (Lipinski definition) is 4. The molecule has 2 aliphatic rings. The van der Waals surface area contributed by atoms with Gasteiger partial charge in [0.15, 0.2) is 0 Å². The molecule has 0 aromatic heterocycles. The van der Waals surface area contributed by atoms with E-state index in [4.69, 9.17) is 5.11 Å². The zero-order valence-corrected chi connectivity index (χ0v) is 10.9. The number of carbonyl (C=O) groups is 3. The zero-order valence-electron chi connectivity index (χ0n) is 10.9. The van der Waals surface area contributed by atoms with Gasteiger partial charge >= 0.3 is 5.97 Å². The molecule has 7 nitrogen and oxygen atoms in total. The van der Waals surface area contributed by atoms with Crippen molar-refractivity contribution >= 4 is 17.8 Å². The molecule has 3 N–H and O–H groups in total. The highest BCUT2D eigenvalue weighted by molar-refractivity contribution is 5.93. The Hall–Kier alpha value is -1.63. The highest BCUT2D eigenvalue weighted by Crippen LogP contribution is 2.19. The second-order valence-electron chi connectivity index (χ2n) is 5.13. The van der Waals surface area contributed by atoms with E-state index in [1.807, 2.05) is 6.92 Å². The second-order valence-corrected chi connectivity index (χ2v) is 5.13. The summed E-state index contributed by atoms with van der Waals surface area (Å²) in [4.78, 5) is 36.4. The molecule has 7 heteroatoms. The molecule has 0 aliphatic carbocycles. The van der Waals surface area contributed by atoms with Crippen LogP contribution in [0.2, 0.25) is 0 Å². The van der Waals surface area contributed by atoms with Gasteiger partial charge in [0, 0.05) is 13.1 Å². The molecular weight excluding hydrogens is 250 g/mol. The second kappa shape index (κ2) is 5.56. The van der Waals surface area contributed by atoms with E-state index < -0.39 is 12.0 Å². The van der Waals surface area contributed by atoms with Crippen LogP contribution in [0.4, 0.5) is 0 Å². The molecule has 2 heterocycles. The van der Waals surface area contributed by atoms with Crippen LogP contribution in [0.25, 0.3) is 0 Å². The van der Waals surface area contributed by atoms with E-state index in [0.29, 0.717) is 13.1 Å². The Kier molecular flexibility index (Phi) is 4.04. The topological polar surface area (TPSA) is 98.7 Å². The summed E-state index contributed by atoms with van der Waals surface area (Å²) >= 11 is 0. The lowest BCUT2D eigenvalue weighted by molar-refractivity contribution is -0.149. The fraction of sp³-hybridized carbons (Fsp3) is 0.750. The van der Waals surface area contributed by atoms with Crippen LogP contribution in [-0.2, 0) is 14.4 Å². The third-order valence-electron chi connectivity index (χ3n) is 3.78. The van der Waals surface area contributed by atoms with Gasteiger partial charge in [-0.3, -0.25) is 14.4 Å². The van der Waals surface area contributed by atoms with E-state index in [1.165, 1.54) is 4.90 Å².